The molecule has 0 saturated carbocycles. The highest BCUT2D eigenvalue weighted by atomic mass is 19.4. The Morgan fingerprint density at radius 3 is 2.00 bits per heavy atom. The zero-order chi connectivity index (χ0) is 14.4. The van der Waals surface area contributed by atoms with Crippen molar-refractivity contribution in [3.8, 4) is 0 Å². The minimum Gasteiger partial charge on any atom is -0.393 e. The van der Waals surface area contributed by atoms with E-state index in [2.05, 4.69) is 4.74 Å². The van der Waals surface area contributed by atoms with Gasteiger partial charge < -0.3 is 14.9 Å². The van der Waals surface area contributed by atoms with Crippen LogP contribution in [0.5, 0.6) is 0 Å². The monoisotopic (exact) mass is 280 g/mol. The number of hydrogen-bond donors (Lipinski definition) is 2. The minimum absolute atomic E-state index is 0.166. The predicted octanol–water partition coefficient (Wildman–Crippen LogP) is 2.11. The maximum atomic E-state index is 12.5. The summed E-state index contributed by atoms with van der Waals surface area (Å²) < 4.78 is 64.9. The van der Waals surface area contributed by atoms with Crippen LogP contribution in [-0.4, -0.2) is 47.7 Å². The maximum absolute atomic E-state index is 12.5. The van der Waals surface area contributed by atoms with Crippen molar-refractivity contribution in [1.82, 2.24) is 0 Å². The van der Waals surface area contributed by atoms with Gasteiger partial charge in [-0.1, -0.05) is 13.3 Å². The summed E-state index contributed by atoms with van der Waals surface area (Å²) >= 11 is 0. The van der Waals surface area contributed by atoms with Crippen LogP contribution in [0.25, 0.3) is 0 Å². The van der Waals surface area contributed by atoms with Crippen molar-refractivity contribution in [2.24, 2.45) is 0 Å². The summed E-state index contributed by atoms with van der Waals surface area (Å²) in [5.41, 5.74) is -1.59. The molecule has 2 N–H and O–H groups in total. The molecule has 0 aliphatic heterocycles. The number of aliphatic hydroxyl groups is 2. The van der Waals surface area contributed by atoms with E-state index in [-0.39, 0.29) is 6.42 Å². The molecule has 8 heteroatoms. The zero-order valence-corrected chi connectivity index (χ0v) is 9.94. The smallest absolute Gasteiger partial charge is 0.393 e. The molecular weight excluding hydrogens is 263 g/mol. The molecule has 0 bridgehead atoms. The third kappa shape index (κ3) is 5.45. The molecule has 0 aliphatic carbocycles. The lowest BCUT2D eigenvalue weighted by Gasteiger charge is -2.26. The van der Waals surface area contributed by atoms with E-state index < -0.39 is 43.9 Å². The molecule has 0 aromatic heterocycles. The lowest BCUT2D eigenvalue weighted by Crippen LogP contribution is -2.40. The van der Waals surface area contributed by atoms with Crippen molar-refractivity contribution in [2.45, 2.75) is 43.9 Å². The van der Waals surface area contributed by atoms with Crippen molar-refractivity contribution in [1.29, 1.82) is 0 Å². The molecule has 0 rings (SSSR count). The average Bonchev–Trinajstić information content (AvgIpc) is 2.23. The maximum Gasteiger partial charge on any atom is 0.453 e. The number of halogens is 5. The van der Waals surface area contributed by atoms with Crippen molar-refractivity contribution in [2.75, 3.05) is 19.8 Å². The summed E-state index contributed by atoms with van der Waals surface area (Å²) in [5.74, 6) is -4.81. The molecule has 0 aromatic carbocycles. The van der Waals surface area contributed by atoms with Gasteiger partial charge in [0.15, 0.2) is 0 Å². The van der Waals surface area contributed by atoms with E-state index in [0.29, 0.717) is 6.42 Å². The van der Waals surface area contributed by atoms with Gasteiger partial charge >= 0.3 is 12.1 Å². The van der Waals surface area contributed by atoms with Gasteiger partial charge in [-0.3, -0.25) is 0 Å². The Kier molecular flexibility index (Phi) is 6.45. The second-order valence-electron chi connectivity index (χ2n) is 4.14. The largest absolute Gasteiger partial charge is 0.453 e. The molecule has 1 unspecified atom stereocenters. The first-order valence-corrected chi connectivity index (χ1v) is 5.43. The first-order chi connectivity index (χ1) is 8.08. The molecule has 0 amide bonds. The Morgan fingerprint density at radius 2 is 1.61 bits per heavy atom. The van der Waals surface area contributed by atoms with Crippen LogP contribution < -0.4 is 0 Å². The van der Waals surface area contributed by atoms with Crippen LogP contribution in [0, 0.1) is 0 Å². The van der Waals surface area contributed by atoms with Gasteiger partial charge in [-0.2, -0.15) is 22.0 Å². The van der Waals surface area contributed by atoms with E-state index in [1.165, 1.54) is 0 Å². The predicted molar refractivity (Wildman–Crippen MR) is 53.4 cm³/mol. The molecule has 0 aliphatic rings. The fourth-order valence-electron chi connectivity index (χ4n) is 1.27. The molecule has 1 atom stereocenters. The van der Waals surface area contributed by atoms with E-state index in [4.69, 9.17) is 5.11 Å². The Bertz CT molecular complexity index is 244. The van der Waals surface area contributed by atoms with Gasteiger partial charge in [0.25, 0.3) is 0 Å². The normalized spacial score (nSPS) is 16.7. The van der Waals surface area contributed by atoms with Crippen molar-refractivity contribution in [3.05, 3.63) is 0 Å². The van der Waals surface area contributed by atoms with Crippen LogP contribution in [-0.2, 0) is 4.74 Å². The van der Waals surface area contributed by atoms with Gasteiger partial charge in [-0.25, -0.2) is 0 Å². The summed E-state index contributed by atoms with van der Waals surface area (Å²) in [7, 11) is 0. The van der Waals surface area contributed by atoms with Crippen LogP contribution in [0.4, 0.5) is 22.0 Å². The number of rotatable bonds is 8. The fraction of sp³-hybridized carbons (Fsp3) is 1.00. The Labute approximate surface area is 102 Å². The standard InChI is InChI=1S/C10H17F5O3/c1-2-3-8(17,6-16)7-18-5-4-9(11,12)10(13,14)15/h16-17H,2-7H2,1H3. The van der Waals surface area contributed by atoms with Gasteiger partial charge in [0.2, 0.25) is 0 Å². The topological polar surface area (TPSA) is 49.7 Å². The second kappa shape index (κ2) is 6.63. The minimum atomic E-state index is -5.60. The summed E-state index contributed by atoms with van der Waals surface area (Å²) in [4.78, 5) is 0. The third-order valence-corrected chi connectivity index (χ3v) is 2.36. The van der Waals surface area contributed by atoms with E-state index in [1.807, 2.05) is 0 Å². The highest BCUT2D eigenvalue weighted by Crippen LogP contribution is 2.37. The summed E-state index contributed by atoms with van der Waals surface area (Å²) in [6, 6.07) is 0. The lowest BCUT2D eigenvalue weighted by atomic mass is 10.0. The van der Waals surface area contributed by atoms with Crippen LogP contribution in [0.3, 0.4) is 0 Å². The number of aliphatic hydroxyl groups excluding tert-OH is 1. The SMILES string of the molecule is CCCC(O)(CO)COCCC(F)(F)C(F)(F)F. The van der Waals surface area contributed by atoms with E-state index in [9.17, 15) is 27.1 Å². The van der Waals surface area contributed by atoms with Gasteiger partial charge in [0.1, 0.15) is 5.60 Å². The zero-order valence-electron chi connectivity index (χ0n) is 9.94. The molecule has 0 aromatic rings. The van der Waals surface area contributed by atoms with E-state index in [1.54, 1.807) is 6.92 Å². The summed E-state index contributed by atoms with van der Waals surface area (Å²) in [6.07, 6.45) is -6.44. The Hall–Kier alpha value is -0.470. The molecule has 18 heavy (non-hydrogen) atoms. The van der Waals surface area contributed by atoms with E-state index >= 15 is 0 Å². The first kappa shape index (κ1) is 17.5. The van der Waals surface area contributed by atoms with Gasteiger partial charge in [-0.05, 0) is 6.42 Å². The van der Waals surface area contributed by atoms with Crippen LogP contribution in [0.1, 0.15) is 26.2 Å². The molecule has 0 fully saturated rings. The molecule has 110 valence electrons. The molecule has 0 heterocycles. The van der Waals surface area contributed by atoms with Crippen molar-refractivity contribution in [3.63, 3.8) is 0 Å². The molecule has 0 radical (unpaired) electrons. The lowest BCUT2D eigenvalue weighted by molar-refractivity contribution is -0.287. The number of alkyl halides is 5. The third-order valence-electron chi connectivity index (χ3n) is 2.36. The molecular formula is C10H17F5O3. The number of ether oxygens (including phenoxy) is 1. The molecule has 0 spiro atoms. The summed E-state index contributed by atoms with van der Waals surface area (Å²) in [5, 5.41) is 18.5. The summed E-state index contributed by atoms with van der Waals surface area (Å²) in [6.45, 7) is -0.251. The highest BCUT2D eigenvalue weighted by Gasteiger charge is 2.56. The molecule has 3 nitrogen and oxygen atoms in total. The van der Waals surface area contributed by atoms with Crippen molar-refractivity contribution < 1.29 is 36.9 Å². The van der Waals surface area contributed by atoms with Gasteiger partial charge in [0.05, 0.1) is 19.8 Å². The second-order valence-corrected chi connectivity index (χ2v) is 4.14. The molecule has 0 saturated heterocycles. The first-order valence-electron chi connectivity index (χ1n) is 5.43. The van der Waals surface area contributed by atoms with Gasteiger partial charge in [-0.15, -0.1) is 0 Å². The fourth-order valence-corrected chi connectivity index (χ4v) is 1.27. The van der Waals surface area contributed by atoms with Crippen LogP contribution in [0.15, 0.2) is 0 Å². The Morgan fingerprint density at radius 1 is 1.06 bits per heavy atom. The number of hydrogen-bond acceptors (Lipinski definition) is 3. The van der Waals surface area contributed by atoms with Crippen LogP contribution in [0.2, 0.25) is 0 Å². The Balaban J connectivity index is 4.07. The van der Waals surface area contributed by atoms with Gasteiger partial charge in [0, 0.05) is 6.42 Å². The average molecular weight is 280 g/mol. The van der Waals surface area contributed by atoms with Crippen molar-refractivity contribution >= 4 is 0 Å². The van der Waals surface area contributed by atoms with E-state index in [0.717, 1.165) is 0 Å². The highest BCUT2D eigenvalue weighted by molar-refractivity contribution is 4.78. The van der Waals surface area contributed by atoms with Crippen LogP contribution >= 0.6 is 0 Å². The quantitative estimate of drug-likeness (QED) is 0.529.